The number of nitrogens with one attached hydrogen (secondary N) is 1. The number of pyridine rings is 1. The van der Waals surface area contributed by atoms with Gasteiger partial charge in [0, 0.05) is 6.20 Å². The second-order valence-electron chi connectivity index (χ2n) is 4.85. The third kappa shape index (κ3) is 3.22. The number of fused-ring (bicyclic) bond motifs is 1. The number of carbonyl (C=O) groups is 1. The number of carbonyl (C=O) groups excluding carboxylic acids is 1. The Bertz CT molecular complexity index is 780. The summed E-state index contributed by atoms with van der Waals surface area (Å²) in [5, 5.41) is 10.5. The van der Waals surface area contributed by atoms with E-state index in [1.54, 1.807) is 29.1 Å². The van der Waals surface area contributed by atoms with Gasteiger partial charge in [-0.2, -0.15) is 0 Å². The third-order valence-electron chi connectivity index (χ3n) is 3.28. The predicted molar refractivity (Wildman–Crippen MR) is 82.9 cm³/mol. The lowest BCUT2D eigenvalue weighted by Crippen LogP contribution is -2.20. The highest BCUT2D eigenvalue weighted by molar-refractivity contribution is 5.91. The van der Waals surface area contributed by atoms with Gasteiger partial charge in [0.2, 0.25) is 0 Å². The van der Waals surface area contributed by atoms with Crippen LogP contribution in [-0.2, 0) is 11.2 Å². The van der Waals surface area contributed by atoms with E-state index in [-0.39, 0.29) is 12.5 Å². The van der Waals surface area contributed by atoms with Crippen LogP contribution in [0.3, 0.4) is 0 Å². The van der Waals surface area contributed by atoms with E-state index in [4.69, 9.17) is 4.74 Å². The van der Waals surface area contributed by atoms with Gasteiger partial charge in [0.15, 0.2) is 12.3 Å². The fourth-order valence-electron chi connectivity index (χ4n) is 2.07. The Balaban J connectivity index is 1.57. The molecule has 0 unspecified atom stereocenters. The largest absolute Gasteiger partial charge is 0.484 e. The van der Waals surface area contributed by atoms with Gasteiger partial charge in [-0.1, -0.05) is 19.1 Å². The topological polar surface area (TPSA) is 68.5 Å². The number of nitrogens with zero attached hydrogens (tertiary/aromatic N) is 3. The molecule has 0 aliphatic rings. The molecule has 0 atom stereocenters. The van der Waals surface area contributed by atoms with Crippen LogP contribution in [0.4, 0.5) is 5.69 Å². The summed E-state index contributed by atoms with van der Waals surface area (Å²) in [6.45, 7) is 2.06. The molecule has 1 aromatic carbocycles. The molecule has 2 heterocycles. The van der Waals surface area contributed by atoms with Crippen LogP contribution < -0.4 is 10.1 Å². The van der Waals surface area contributed by atoms with Crippen LogP contribution in [0, 0.1) is 0 Å². The first-order valence-corrected chi connectivity index (χ1v) is 7.05. The summed E-state index contributed by atoms with van der Waals surface area (Å²) in [6.07, 6.45) is 4.31. The third-order valence-corrected chi connectivity index (χ3v) is 3.28. The van der Waals surface area contributed by atoms with Crippen molar-refractivity contribution in [3.63, 3.8) is 0 Å². The highest BCUT2D eigenvalue weighted by atomic mass is 16.5. The van der Waals surface area contributed by atoms with Gasteiger partial charge in [-0.15, -0.1) is 10.2 Å². The Morgan fingerprint density at radius 2 is 2.05 bits per heavy atom. The molecule has 3 rings (SSSR count). The number of rotatable bonds is 5. The second kappa shape index (κ2) is 6.26. The van der Waals surface area contributed by atoms with E-state index < -0.39 is 0 Å². The van der Waals surface area contributed by atoms with Crippen molar-refractivity contribution in [2.45, 2.75) is 13.3 Å². The first kappa shape index (κ1) is 14.1. The van der Waals surface area contributed by atoms with Crippen molar-refractivity contribution in [3.8, 4) is 5.75 Å². The molecule has 0 spiro atoms. The van der Waals surface area contributed by atoms with Crippen molar-refractivity contribution in [1.29, 1.82) is 0 Å². The minimum atomic E-state index is -0.216. The van der Waals surface area contributed by atoms with E-state index in [1.165, 1.54) is 5.56 Å². The van der Waals surface area contributed by atoms with E-state index in [0.29, 0.717) is 11.4 Å². The fourth-order valence-corrected chi connectivity index (χ4v) is 2.07. The molecule has 0 radical (unpaired) electrons. The summed E-state index contributed by atoms with van der Waals surface area (Å²) in [5.41, 5.74) is 2.63. The Kier molecular flexibility index (Phi) is 4.00. The minimum absolute atomic E-state index is 0.0360. The van der Waals surface area contributed by atoms with Crippen LogP contribution in [0.5, 0.6) is 5.75 Å². The van der Waals surface area contributed by atoms with Gasteiger partial charge in [-0.3, -0.25) is 9.20 Å². The summed E-state index contributed by atoms with van der Waals surface area (Å²) in [6, 6.07) is 11.3. The molecule has 3 aromatic rings. The van der Waals surface area contributed by atoms with Gasteiger partial charge in [0.05, 0.1) is 5.69 Å². The monoisotopic (exact) mass is 296 g/mol. The summed E-state index contributed by atoms with van der Waals surface area (Å²) in [4.78, 5) is 11.9. The van der Waals surface area contributed by atoms with Crippen LogP contribution in [0.15, 0.2) is 48.9 Å². The number of aryl methyl sites for hydroxylation is 1. The molecule has 0 fully saturated rings. The highest BCUT2D eigenvalue weighted by Crippen LogP contribution is 2.13. The van der Waals surface area contributed by atoms with E-state index >= 15 is 0 Å². The van der Waals surface area contributed by atoms with Gasteiger partial charge in [0.1, 0.15) is 12.1 Å². The van der Waals surface area contributed by atoms with Crippen molar-refractivity contribution in [2.75, 3.05) is 11.9 Å². The zero-order chi connectivity index (χ0) is 15.4. The lowest BCUT2D eigenvalue weighted by atomic mass is 10.2. The Morgan fingerprint density at radius 1 is 1.23 bits per heavy atom. The second-order valence-corrected chi connectivity index (χ2v) is 4.85. The number of hydrogen-bond acceptors (Lipinski definition) is 4. The molecule has 2 aromatic heterocycles. The molecule has 1 amide bonds. The van der Waals surface area contributed by atoms with Crippen molar-refractivity contribution < 1.29 is 9.53 Å². The van der Waals surface area contributed by atoms with Gasteiger partial charge in [-0.05, 0) is 36.2 Å². The highest BCUT2D eigenvalue weighted by Gasteiger charge is 2.05. The molecule has 0 saturated carbocycles. The number of benzene rings is 1. The molecule has 6 nitrogen and oxygen atoms in total. The Labute approximate surface area is 127 Å². The van der Waals surface area contributed by atoms with Crippen molar-refractivity contribution in [2.24, 2.45) is 0 Å². The molecule has 0 bridgehead atoms. The molecule has 6 heteroatoms. The van der Waals surface area contributed by atoms with Crippen LogP contribution >= 0.6 is 0 Å². The molecule has 0 saturated heterocycles. The fraction of sp³-hybridized carbons (Fsp3) is 0.188. The lowest BCUT2D eigenvalue weighted by molar-refractivity contribution is -0.118. The molecule has 112 valence electrons. The normalized spacial score (nSPS) is 10.6. The minimum Gasteiger partial charge on any atom is -0.484 e. The molecular formula is C16H16N4O2. The molecule has 22 heavy (non-hydrogen) atoms. The van der Waals surface area contributed by atoms with Crippen LogP contribution in [0.1, 0.15) is 12.5 Å². The predicted octanol–water partition coefficient (Wildman–Crippen LogP) is 2.31. The number of aromatic nitrogens is 3. The quantitative estimate of drug-likeness (QED) is 0.784. The first-order valence-electron chi connectivity index (χ1n) is 7.05. The summed E-state index contributed by atoms with van der Waals surface area (Å²) in [7, 11) is 0. The average Bonchev–Trinajstić information content (AvgIpc) is 3.01. The van der Waals surface area contributed by atoms with E-state index in [9.17, 15) is 4.79 Å². The zero-order valence-corrected chi connectivity index (χ0v) is 12.2. The van der Waals surface area contributed by atoms with Crippen LogP contribution in [0.2, 0.25) is 0 Å². The number of anilines is 1. The molecule has 1 N–H and O–H groups in total. The van der Waals surface area contributed by atoms with Gasteiger partial charge in [0.25, 0.3) is 5.91 Å². The van der Waals surface area contributed by atoms with Crippen molar-refractivity contribution in [3.05, 3.63) is 54.5 Å². The Hall–Kier alpha value is -2.89. The summed E-state index contributed by atoms with van der Waals surface area (Å²) >= 11 is 0. The standard InChI is InChI=1S/C16H16N4O2/c1-2-12-3-6-14(7-4-12)22-10-16(21)18-13-5-8-15-19-17-11-20(15)9-13/h3-9,11H,2,10H2,1H3,(H,18,21). The van der Waals surface area contributed by atoms with Crippen LogP contribution in [0.25, 0.3) is 5.65 Å². The van der Waals surface area contributed by atoms with Crippen molar-refractivity contribution >= 4 is 17.2 Å². The SMILES string of the molecule is CCc1ccc(OCC(=O)Nc2ccc3nncn3c2)cc1. The maximum Gasteiger partial charge on any atom is 0.262 e. The first-order chi connectivity index (χ1) is 10.7. The lowest BCUT2D eigenvalue weighted by Gasteiger charge is -2.08. The van der Waals surface area contributed by atoms with E-state index in [2.05, 4.69) is 22.4 Å². The number of amides is 1. The Morgan fingerprint density at radius 3 is 2.82 bits per heavy atom. The van der Waals surface area contributed by atoms with E-state index in [1.807, 2.05) is 24.3 Å². The summed E-state index contributed by atoms with van der Waals surface area (Å²) in [5.74, 6) is 0.466. The van der Waals surface area contributed by atoms with Crippen molar-refractivity contribution in [1.82, 2.24) is 14.6 Å². The average molecular weight is 296 g/mol. The summed E-state index contributed by atoms with van der Waals surface area (Å²) < 4.78 is 7.20. The van der Waals surface area contributed by atoms with Gasteiger partial charge >= 0.3 is 0 Å². The van der Waals surface area contributed by atoms with Gasteiger partial charge in [-0.25, -0.2) is 0 Å². The molecular weight excluding hydrogens is 280 g/mol. The molecule has 0 aliphatic heterocycles. The number of hydrogen-bond donors (Lipinski definition) is 1. The number of ether oxygens (including phenoxy) is 1. The van der Waals surface area contributed by atoms with Gasteiger partial charge < -0.3 is 10.1 Å². The van der Waals surface area contributed by atoms with Crippen LogP contribution in [-0.4, -0.2) is 27.1 Å². The van der Waals surface area contributed by atoms with E-state index in [0.717, 1.165) is 12.1 Å². The maximum atomic E-state index is 11.9. The zero-order valence-electron chi connectivity index (χ0n) is 12.2. The maximum absolute atomic E-state index is 11.9. The molecule has 0 aliphatic carbocycles. The smallest absolute Gasteiger partial charge is 0.262 e.